The molecule has 0 amide bonds. The average Bonchev–Trinajstić information content (AvgIpc) is 2.61. The third-order valence-corrected chi connectivity index (χ3v) is 3.45. The number of nitrogens with zero attached hydrogens (tertiary/aromatic N) is 7. The lowest BCUT2D eigenvalue weighted by Crippen LogP contribution is -2.23. The zero-order valence-electron chi connectivity index (χ0n) is 16.6. The molecule has 0 saturated carbocycles. The fraction of sp³-hybridized carbons (Fsp3) is 0.471. The number of rotatable bonds is 10. The minimum atomic E-state index is 0. The normalized spacial score (nSPS) is 10.3. The molecule has 0 aliphatic carbocycles. The zero-order valence-corrected chi connectivity index (χ0v) is 17.4. The van der Waals surface area contributed by atoms with Gasteiger partial charge in [-0.15, -0.1) is 12.4 Å². The van der Waals surface area contributed by atoms with Gasteiger partial charge in [-0.3, -0.25) is 0 Å². The standard InChI is InChI=1S/C17H26N10.ClH/c1-26(2)9-7-19-15-23-16(20-8-10-27(3)4)25-17(24-15)22-14-6-5-13(11-18)21-12-14;/h5-6,12H,7-10H2,1-4H3,(H3,19,20,22,23,24,25);1H. The van der Waals surface area contributed by atoms with Crippen molar-refractivity contribution in [2.24, 2.45) is 0 Å². The highest BCUT2D eigenvalue weighted by Gasteiger charge is 2.08. The van der Waals surface area contributed by atoms with E-state index in [1.165, 1.54) is 0 Å². The van der Waals surface area contributed by atoms with Crippen molar-refractivity contribution in [2.45, 2.75) is 0 Å². The summed E-state index contributed by atoms with van der Waals surface area (Å²) in [6.45, 7) is 3.15. The summed E-state index contributed by atoms with van der Waals surface area (Å²) in [7, 11) is 8.03. The van der Waals surface area contributed by atoms with Gasteiger partial charge in [0, 0.05) is 26.2 Å². The van der Waals surface area contributed by atoms with Crippen molar-refractivity contribution < 1.29 is 0 Å². The molecule has 0 bridgehead atoms. The van der Waals surface area contributed by atoms with Gasteiger partial charge in [-0.2, -0.15) is 20.2 Å². The molecule has 3 N–H and O–H groups in total. The summed E-state index contributed by atoms with van der Waals surface area (Å²) in [6.07, 6.45) is 1.57. The van der Waals surface area contributed by atoms with Crippen LogP contribution < -0.4 is 16.0 Å². The molecular formula is C17H27ClN10. The van der Waals surface area contributed by atoms with Crippen LogP contribution in [0.5, 0.6) is 0 Å². The third kappa shape index (κ3) is 8.30. The molecule has 0 saturated heterocycles. The second kappa shape index (κ2) is 11.9. The molecule has 0 aliphatic heterocycles. The Morgan fingerprint density at radius 1 is 0.893 bits per heavy atom. The van der Waals surface area contributed by atoms with Crippen LogP contribution in [-0.2, 0) is 0 Å². The van der Waals surface area contributed by atoms with Gasteiger partial charge < -0.3 is 25.8 Å². The van der Waals surface area contributed by atoms with Crippen LogP contribution >= 0.6 is 12.4 Å². The molecule has 2 aromatic rings. The van der Waals surface area contributed by atoms with Gasteiger partial charge in [-0.25, -0.2) is 4.98 Å². The summed E-state index contributed by atoms with van der Waals surface area (Å²) in [5.74, 6) is 1.38. The van der Waals surface area contributed by atoms with Crippen LogP contribution in [0.4, 0.5) is 23.5 Å². The molecule has 10 nitrogen and oxygen atoms in total. The first-order valence-electron chi connectivity index (χ1n) is 8.62. The number of nitriles is 1. The van der Waals surface area contributed by atoms with Crippen LogP contribution in [0.1, 0.15) is 5.69 Å². The predicted octanol–water partition coefficient (Wildman–Crippen LogP) is 1.25. The van der Waals surface area contributed by atoms with Gasteiger partial charge >= 0.3 is 0 Å². The van der Waals surface area contributed by atoms with Gasteiger partial charge in [0.2, 0.25) is 17.8 Å². The number of hydrogen-bond acceptors (Lipinski definition) is 10. The molecule has 0 atom stereocenters. The van der Waals surface area contributed by atoms with Gasteiger partial charge in [-0.1, -0.05) is 0 Å². The third-order valence-electron chi connectivity index (χ3n) is 3.45. The zero-order chi connectivity index (χ0) is 19.6. The highest BCUT2D eigenvalue weighted by atomic mass is 35.5. The van der Waals surface area contributed by atoms with Crippen LogP contribution in [0, 0.1) is 11.3 Å². The van der Waals surface area contributed by atoms with E-state index >= 15 is 0 Å². The van der Waals surface area contributed by atoms with Crippen LogP contribution in [0.25, 0.3) is 0 Å². The van der Waals surface area contributed by atoms with Gasteiger partial charge in [-0.05, 0) is 40.3 Å². The predicted molar refractivity (Wildman–Crippen MR) is 113 cm³/mol. The number of anilines is 4. The minimum Gasteiger partial charge on any atom is -0.353 e. The first kappa shape index (κ1) is 23.3. The summed E-state index contributed by atoms with van der Waals surface area (Å²) < 4.78 is 0. The van der Waals surface area contributed by atoms with Gasteiger partial charge in [0.25, 0.3) is 0 Å². The first-order valence-corrected chi connectivity index (χ1v) is 8.62. The molecule has 0 unspecified atom stereocenters. The van der Waals surface area contributed by atoms with Crippen molar-refractivity contribution in [1.82, 2.24) is 29.7 Å². The van der Waals surface area contributed by atoms with Crippen LogP contribution in [0.2, 0.25) is 0 Å². The van der Waals surface area contributed by atoms with E-state index in [0.29, 0.717) is 42.3 Å². The number of likely N-dealkylation sites (N-methyl/N-ethyl adjacent to an activating group) is 2. The number of halogens is 1. The molecule has 0 spiro atoms. The first-order chi connectivity index (χ1) is 13.0. The maximum absolute atomic E-state index is 8.84. The fourth-order valence-corrected chi connectivity index (χ4v) is 2.04. The lowest BCUT2D eigenvalue weighted by Gasteiger charge is -2.14. The molecular weight excluding hydrogens is 380 g/mol. The van der Waals surface area contributed by atoms with Gasteiger partial charge in [0.05, 0.1) is 11.9 Å². The van der Waals surface area contributed by atoms with Crippen molar-refractivity contribution in [2.75, 3.05) is 70.3 Å². The van der Waals surface area contributed by atoms with Crippen molar-refractivity contribution >= 4 is 35.9 Å². The second-order valence-corrected chi connectivity index (χ2v) is 6.44. The molecule has 152 valence electrons. The van der Waals surface area contributed by atoms with Crippen molar-refractivity contribution in [3.05, 3.63) is 24.0 Å². The Balaban J connectivity index is 0.00000392. The summed E-state index contributed by atoms with van der Waals surface area (Å²) >= 11 is 0. The maximum Gasteiger partial charge on any atom is 0.233 e. The van der Waals surface area contributed by atoms with E-state index in [4.69, 9.17) is 5.26 Å². The Morgan fingerprint density at radius 2 is 1.43 bits per heavy atom. The topological polar surface area (TPSA) is 118 Å². The van der Waals surface area contributed by atoms with E-state index in [1.54, 1.807) is 18.3 Å². The quantitative estimate of drug-likeness (QED) is 0.531. The number of aromatic nitrogens is 4. The van der Waals surface area contributed by atoms with E-state index in [2.05, 4.69) is 45.7 Å². The van der Waals surface area contributed by atoms with E-state index in [0.717, 1.165) is 13.1 Å². The highest BCUT2D eigenvalue weighted by Crippen LogP contribution is 2.15. The van der Waals surface area contributed by atoms with Crippen molar-refractivity contribution in [3.8, 4) is 6.07 Å². The summed E-state index contributed by atoms with van der Waals surface area (Å²) in [4.78, 5) is 21.4. The fourth-order valence-electron chi connectivity index (χ4n) is 2.04. The lowest BCUT2D eigenvalue weighted by molar-refractivity contribution is 0.424. The van der Waals surface area contributed by atoms with Gasteiger partial charge in [0.15, 0.2) is 0 Å². The number of nitrogens with one attached hydrogen (secondary N) is 3. The van der Waals surface area contributed by atoms with E-state index in [-0.39, 0.29) is 12.4 Å². The summed E-state index contributed by atoms with van der Waals surface area (Å²) in [5.41, 5.74) is 1.05. The Morgan fingerprint density at radius 3 is 1.86 bits per heavy atom. The van der Waals surface area contributed by atoms with Crippen LogP contribution in [-0.4, -0.2) is 84.1 Å². The lowest BCUT2D eigenvalue weighted by atomic mass is 10.3. The largest absolute Gasteiger partial charge is 0.353 e. The van der Waals surface area contributed by atoms with Crippen molar-refractivity contribution in [3.63, 3.8) is 0 Å². The molecule has 11 heteroatoms. The molecule has 0 radical (unpaired) electrons. The van der Waals surface area contributed by atoms with Gasteiger partial charge in [0.1, 0.15) is 11.8 Å². The van der Waals surface area contributed by atoms with Crippen molar-refractivity contribution in [1.29, 1.82) is 5.26 Å². The Kier molecular flexibility index (Phi) is 9.87. The second-order valence-electron chi connectivity index (χ2n) is 6.44. The molecule has 0 aromatic carbocycles. The molecule has 2 heterocycles. The number of pyridine rings is 1. The van der Waals surface area contributed by atoms with Crippen LogP contribution in [0.15, 0.2) is 18.3 Å². The maximum atomic E-state index is 8.84. The monoisotopic (exact) mass is 406 g/mol. The average molecular weight is 407 g/mol. The van der Waals surface area contributed by atoms with E-state index < -0.39 is 0 Å². The highest BCUT2D eigenvalue weighted by molar-refractivity contribution is 5.85. The molecule has 0 fully saturated rings. The summed E-state index contributed by atoms with van der Waals surface area (Å²) in [5, 5.41) is 18.4. The van der Waals surface area contributed by atoms with E-state index in [9.17, 15) is 0 Å². The number of hydrogen-bond donors (Lipinski definition) is 3. The smallest absolute Gasteiger partial charge is 0.233 e. The molecule has 0 aliphatic rings. The van der Waals surface area contributed by atoms with Crippen LogP contribution in [0.3, 0.4) is 0 Å². The minimum absolute atomic E-state index is 0. The Labute approximate surface area is 171 Å². The molecule has 2 aromatic heterocycles. The summed E-state index contributed by atoms with van der Waals surface area (Å²) in [6, 6.07) is 5.39. The molecule has 28 heavy (non-hydrogen) atoms. The SMILES string of the molecule is CN(C)CCNc1nc(NCCN(C)C)nc(Nc2ccc(C#N)nc2)n1.Cl. The van der Waals surface area contributed by atoms with E-state index in [1.807, 2.05) is 34.3 Å². The molecule has 2 rings (SSSR count). The Hall–Kier alpha value is -2.74. The Bertz CT molecular complexity index is 725.